The molecule has 122 valence electrons. The Morgan fingerprint density at radius 3 is 3.00 bits per heavy atom. The van der Waals surface area contributed by atoms with Crippen LogP contribution in [-0.2, 0) is 22.5 Å². The van der Waals surface area contributed by atoms with Gasteiger partial charge in [-0.1, -0.05) is 19.3 Å². The van der Waals surface area contributed by atoms with Gasteiger partial charge in [-0.05, 0) is 25.2 Å². The zero-order valence-electron chi connectivity index (χ0n) is 13.5. The number of nitrogens with zero attached hydrogens (tertiary/aromatic N) is 3. The largest absolute Gasteiger partial charge is 0.368 e. The molecule has 0 spiro atoms. The lowest BCUT2D eigenvalue weighted by Gasteiger charge is -2.29. The van der Waals surface area contributed by atoms with Gasteiger partial charge in [0.2, 0.25) is 5.91 Å². The van der Waals surface area contributed by atoms with Crippen molar-refractivity contribution < 1.29 is 9.53 Å². The summed E-state index contributed by atoms with van der Waals surface area (Å²) < 4.78 is 8.01. The Kier molecular flexibility index (Phi) is 5.13. The SMILES string of the molecule is CN(CC1CCc2nccn2C1)C(=O)COC1CCCCC1. The molecule has 1 atom stereocenters. The molecule has 0 saturated heterocycles. The highest BCUT2D eigenvalue weighted by Crippen LogP contribution is 2.21. The molecule has 0 radical (unpaired) electrons. The average molecular weight is 305 g/mol. The number of amides is 1. The number of carbonyl (C=O) groups excluding carboxylic acids is 1. The molecule has 1 unspecified atom stereocenters. The number of likely N-dealkylation sites (N-methyl/N-ethyl adjacent to an activating group) is 1. The van der Waals surface area contributed by atoms with Crippen LogP contribution in [0, 0.1) is 5.92 Å². The Morgan fingerprint density at radius 1 is 1.36 bits per heavy atom. The van der Waals surface area contributed by atoms with Crippen molar-refractivity contribution >= 4 is 5.91 Å². The number of hydrogen-bond donors (Lipinski definition) is 0. The number of ether oxygens (including phenoxy) is 1. The van der Waals surface area contributed by atoms with E-state index in [9.17, 15) is 4.79 Å². The second-order valence-electron chi connectivity index (χ2n) is 6.75. The number of rotatable bonds is 5. The van der Waals surface area contributed by atoms with Gasteiger partial charge in [0.25, 0.3) is 0 Å². The fraction of sp³-hybridized carbons (Fsp3) is 0.765. The van der Waals surface area contributed by atoms with Crippen molar-refractivity contribution in [2.45, 2.75) is 57.6 Å². The fourth-order valence-electron chi connectivity index (χ4n) is 3.61. The maximum absolute atomic E-state index is 12.2. The molecule has 0 aromatic carbocycles. The van der Waals surface area contributed by atoms with Crippen molar-refractivity contribution in [3.05, 3.63) is 18.2 Å². The minimum atomic E-state index is 0.113. The second-order valence-corrected chi connectivity index (χ2v) is 6.75. The van der Waals surface area contributed by atoms with Crippen LogP contribution in [0.25, 0.3) is 0 Å². The van der Waals surface area contributed by atoms with E-state index in [2.05, 4.69) is 9.55 Å². The summed E-state index contributed by atoms with van der Waals surface area (Å²) in [5, 5.41) is 0. The molecule has 1 amide bonds. The molecule has 0 N–H and O–H groups in total. The summed E-state index contributed by atoms with van der Waals surface area (Å²) in [6, 6.07) is 0. The van der Waals surface area contributed by atoms with E-state index >= 15 is 0 Å². The number of fused-ring (bicyclic) bond motifs is 1. The highest BCUT2D eigenvalue weighted by molar-refractivity contribution is 5.77. The summed E-state index contributed by atoms with van der Waals surface area (Å²) in [5.41, 5.74) is 0. The molecule has 5 heteroatoms. The van der Waals surface area contributed by atoms with Crippen LogP contribution in [0.3, 0.4) is 0 Å². The maximum atomic E-state index is 12.2. The van der Waals surface area contributed by atoms with Crippen LogP contribution in [-0.4, -0.2) is 46.7 Å². The number of aromatic nitrogens is 2. The van der Waals surface area contributed by atoms with E-state index in [4.69, 9.17) is 4.74 Å². The summed E-state index contributed by atoms with van der Waals surface area (Å²) in [6.07, 6.45) is 12.3. The van der Waals surface area contributed by atoms with Gasteiger partial charge in [-0.2, -0.15) is 0 Å². The fourth-order valence-corrected chi connectivity index (χ4v) is 3.61. The summed E-state index contributed by atoms with van der Waals surface area (Å²) >= 11 is 0. The first-order chi connectivity index (χ1) is 10.7. The molecule has 1 saturated carbocycles. The van der Waals surface area contributed by atoms with Gasteiger partial charge >= 0.3 is 0 Å². The highest BCUT2D eigenvalue weighted by Gasteiger charge is 2.22. The van der Waals surface area contributed by atoms with Crippen LogP contribution >= 0.6 is 0 Å². The van der Waals surface area contributed by atoms with Crippen molar-refractivity contribution in [1.29, 1.82) is 0 Å². The van der Waals surface area contributed by atoms with Gasteiger partial charge in [-0.25, -0.2) is 4.98 Å². The Bertz CT molecular complexity index is 494. The number of carbonyl (C=O) groups is 1. The molecule has 0 bridgehead atoms. The van der Waals surface area contributed by atoms with Crippen LogP contribution in [0.2, 0.25) is 0 Å². The number of imidazole rings is 1. The van der Waals surface area contributed by atoms with Gasteiger partial charge in [0.1, 0.15) is 12.4 Å². The third-order valence-corrected chi connectivity index (χ3v) is 4.99. The average Bonchev–Trinajstić information content (AvgIpc) is 3.01. The first-order valence-corrected chi connectivity index (χ1v) is 8.58. The molecule has 3 rings (SSSR count). The third-order valence-electron chi connectivity index (χ3n) is 4.99. The zero-order chi connectivity index (χ0) is 15.4. The van der Waals surface area contributed by atoms with E-state index in [0.717, 1.165) is 38.8 Å². The lowest BCUT2D eigenvalue weighted by atomic mass is 9.98. The van der Waals surface area contributed by atoms with Crippen molar-refractivity contribution in [1.82, 2.24) is 14.5 Å². The van der Waals surface area contributed by atoms with Crippen LogP contribution in [0.1, 0.15) is 44.3 Å². The maximum Gasteiger partial charge on any atom is 0.248 e. The Balaban J connectivity index is 1.41. The first kappa shape index (κ1) is 15.5. The van der Waals surface area contributed by atoms with Crippen LogP contribution < -0.4 is 0 Å². The molecule has 1 fully saturated rings. The van der Waals surface area contributed by atoms with Crippen molar-refractivity contribution in [3.8, 4) is 0 Å². The van der Waals surface area contributed by atoms with Gasteiger partial charge < -0.3 is 14.2 Å². The van der Waals surface area contributed by atoms with Crippen LogP contribution in [0.4, 0.5) is 0 Å². The Morgan fingerprint density at radius 2 is 2.18 bits per heavy atom. The standard InChI is InChI=1S/C17H27N3O2/c1-19(17(21)13-22-15-5-3-2-4-6-15)11-14-7-8-16-18-9-10-20(16)12-14/h9-10,14-15H,2-8,11-13H2,1H3. The smallest absolute Gasteiger partial charge is 0.248 e. The minimum Gasteiger partial charge on any atom is -0.368 e. The van der Waals surface area contributed by atoms with E-state index in [0.29, 0.717) is 12.0 Å². The van der Waals surface area contributed by atoms with E-state index in [1.54, 1.807) is 0 Å². The van der Waals surface area contributed by atoms with E-state index in [1.807, 2.05) is 24.3 Å². The predicted molar refractivity (Wildman–Crippen MR) is 84.5 cm³/mol. The Hall–Kier alpha value is -1.36. The lowest BCUT2D eigenvalue weighted by Crippen LogP contribution is -2.38. The van der Waals surface area contributed by atoms with E-state index in [-0.39, 0.29) is 12.5 Å². The van der Waals surface area contributed by atoms with Gasteiger partial charge in [-0.15, -0.1) is 0 Å². The minimum absolute atomic E-state index is 0.113. The van der Waals surface area contributed by atoms with E-state index in [1.165, 1.54) is 25.1 Å². The molecular formula is C17H27N3O2. The van der Waals surface area contributed by atoms with E-state index < -0.39 is 0 Å². The van der Waals surface area contributed by atoms with Crippen molar-refractivity contribution in [2.24, 2.45) is 5.92 Å². The third kappa shape index (κ3) is 3.88. The van der Waals surface area contributed by atoms with Crippen molar-refractivity contribution in [2.75, 3.05) is 20.2 Å². The molecule has 1 aliphatic carbocycles. The lowest BCUT2D eigenvalue weighted by molar-refractivity contribution is -0.138. The molecule has 22 heavy (non-hydrogen) atoms. The summed E-state index contributed by atoms with van der Waals surface area (Å²) in [4.78, 5) is 18.4. The van der Waals surface area contributed by atoms with Crippen LogP contribution in [0.15, 0.2) is 12.4 Å². The molecular weight excluding hydrogens is 278 g/mol. The molecule has 5 nitrogen and oxygen atoms in total. The van der Waals surface area contributed by atoms with Gasteiger partial charge in [0.15, 0.2) is 0 Å². The van der Waals surface area contributed by atoms with Gasteiger partial charge in [-0.3, -0.25) is 4.79 Å². The second kappa shape index (κ2) is 7.27. The molecule has 2 heterocycles. The van der Waals surface area contributed by atoms with Crippen molar-refractivity contribution in [3.63, 3.8) is 0 Å². The zero-order valence-corrected chi connectivity index (χ0v) is 13.5. The molecule has 1 aromatic rings. The molecule has 1 aromatic heterocycles. The molecule has 1 aliphatic heterocycles. The number of hydrogen-bond acceptors (Lipinski definition) is 3. The topological polar surface area (TPSA) is 47.4 Å². The summed E-state index contributed by atoms with van der Waals surface area (Å²) in [6.45, 7) is 2.02. The van der Waals surface area contributed by atoms with Gasteiger partial charge in [0.05, 0.1) is 6.10 Å². The summed E-state index contributed by atoms with van der Waals surface area (Å²) in [5.74, 6) is 1.80. The first-order valence-electron chi connectivity index (χ1n) is 8.58. The number of aryl methyl sites for hydroxylation is 1. The van der Waals surface area contributed by atoms with Crippen LogP contribution in [0.5, 0.6) is 0 Å². The Labute approximate surface area is 132 Å². The quantitative estimate of drug-likeness (QED) is 0.838. The van der Waals surface area contributed by atoms with Gasteiger partial charge in [0, 0.05) is 39.0 Å². The monoisotopic (exact) mass is 305 g/mol. The summed E-state index contributed by atoms with van der Waals surface area (Å²) in [7, 11) is 1.90. The normalized spacial score (nSPS) is 22.3. The highest BCUT2D eigenvalue weighted by atomic mass is 16.5. The predicted octanol–water partition coefficient (Wildman–Crippen LogP) is 2.25. The molecule has 2 aliphatic rings.